The van der Waals surface area contributed by atoms with Gasteiger partial charge in [-0.2, -0.15) is 0 Å². The van der Waals surface area contributed by atoms with Gasteiger partial charge in [0.25, 0.3) is 0 Å². The summed E-state index contributed by atoms with van der Waals surface area (Å²) in [6.07, 6.45) is 6.11. The number of carbonyl (C=O) groups is 1. The molecule has 0 saturated heterocycles. The van der Waals surface area contributed by atoms with Crippen molar-refractivity contribution in [2.24, 2.45) is 5.73 Å². The van der Waals surface area contributed by atoms with E-state index in [4.69, 9.17) is 5.73 Å². The monoisotopic (exact) mass is 290 g/mol. The second kappa shape index (κ2) is 7.57. The van der Waals surface area contributed by atoms with Crippen molar-refractivity contribution in [1.82, 2.24) is 5.32 Å². The van der Waals surface area contributed by atoms with Crippen molar-refractivity contribution in [3.05, 3.63) is 35.9 Å². The molecule has 1 amide bonds. The Morgan fingerprint density at radius 3 is 2.52 bits per heavy atom. The molecule has 1 fully saturated rings. The molecular formula is C17H26N2O2. The van der Waals surface area contributed by atoms with E-state index in [0.717, 1.165) is 31.2 Å². The largest absolute Gasteiger partial charge is 0.394 e. The van der Waals surface area contributed by atoms with Gasteiger partial charge in [0.2, 0.25) is 5.91 Å². The fourth-order valence-corrected chi connectivity index (χ4v) is 3.06. The van der Waals surface area contributed by atoms with Crippen LogP contribution in [-0.2, 0) is 4.79 Å². The molecule has 1 aliphatic rings. The summed E-state index contributed by atoms with van der Waals surface area (Å²) in [5.74, 6) is -0.00247. The highest BCUT2D eigenvalue weighted by atomic mass is 16.3. The summed E-state index contributed by atoms with van der Waals surface area (Å²) in [6.45, 7) is 0.0312. The standard InChI is InChI=1S/C17H26N2O2/c18-15(14-7-3-1-4-8-14)9-10-16(21)19-17(13-20)11-5-2-6-12-17/h1,3-4,7-8,15,20H,2,5-6,9-13,18H2,(H,19,21). The first-order valence-electron chi connectivity index (χ1n) is 7.88. The van der Waals surface area contributed by atoms with Crippen LogP contribution in [0.15, 0.2) is 30.3 Å². The second-order valence-corrected chi connectivity index (χ2v) is 6.10. The Morgan fingerprint density at radius 2 is 1.90 bits per heavy atom. The van der Waals surface area contributed by atoms with Gasteiger partial charge in [0.1, 0.15) is 0 Å². The molecule has 2 rings (SSSR count). The third-order valence-electron chi connectivity index (χ3n) is 4.43. The number of carbonyl (C=O) groups excluding carboxylic acids is 1. The lowest BCUT2D eigenvalue weighted by molar-refractivity contribution is -0.124. The van der Waals surface area contributed by atoms with Crippen molar-refractivity contribution < 1.29 is 9.90 Å². The molecule has 1 aromatic rings. The molecule has 4 N–H and O–H groups in total. The smallest absolute Gasteiger partial charge is 0.220 e. The summed E-state index contributed by atoms with van der Waals surface area (Å²) < 4.78 is 0. The molecule has 21 heavy (non-hydrogen) atoms. The maximum Gasteiger partial charge on any atom is 0.220 e. The number of rotatable bonds is 6. The maximum atomic E-state index is 12.1. The first-order chi connectivity index (χ1) is 10.2. The van der Waals surface area contributed by atoms with Crippen LogP contribution in [0.2, 0.25) is 0 Å². The van der Waals surface area contributed by atoms with Gasteiger partial charge in [0.15, 0.2) is 0 Å². The molecule has 1 unspecified atom stereocenters. The molecule has 4 heteroatoms. The van der Waals surface area contributed by atoms with Gasteiger partial charge in [-0.25, -0.2) is 0 Å². The number of hydrogen-bond donors (Lipinski definition) is 3. The highest BCUT2D eigenvalue weighted by Crippen LogP contribution is 2.28. The van der Waals surface area contributed by atoms with E-state index in [-0.39, 0.29) is 18.6 Å². The lowest BCUT2D eigenvalue weighted by atomic mass is 9.82. The molecule has 1 aliphatic carbocycles. The van der Waals surface area contributed by atoms with Gasteiger partial charge in [0.05, 0.1) is 12.1 Å². The van der Waals surface area contributed by atoms with Crippen LogP contribution in [0.1, 0.15) is 56.6 Å². The van der Waals surface area contributed by atoms with Gasteiger partial charge in [-0.3, -0.25) is 4.79 Å². The summed E-state index contributed by atoms with van der Waals surface area (Å²) in [7, 11) is 0. The number of amides is 1. The van der Waals surface area contributed by atoms with Gasteiger partial charge < -0.3 is 16.2 Å². The summed E-state index contributed by atoms with van der Waals surface area (Å²) in [4.78, 5) is 12.1. The van der Waals surface area contributed by atoms with Gasteiger partial charge in [-0.1, -0.05) is 49.6 Å². The first-order valence-corrected chi connectivity index (χ1v) is 7.88. The topological polar surface area (TPSA) is 75.4 Å². The molecule has 1 aromatic carbocycles. The molecule has 0 heterocycles. The Balaban J connectivity index is 1.81. The Morgan fingerprint density at radius 1 is 1.24 bits per heavy atom. The fourth-order valence-electron chi connectivity index (χ4n) is 3.06. The predicted octanol–water partition coefficient (Wildman–Crippen LogP) is 2.28. The molecular weight excluding hydrogens is 264 g/mol. The highest BCUT2D eigenvalue weighted by molar-refractivity contribution is 5.76. The van der Waals surface area contributed by atoms with Crippen molar-refractivity contribution in [2.45, 2.75) is 56.5 Å². The van der Waals surface area contributed by atoms with Crippen molar-refractivity contribution in [2.75, 3.05) is 6.61 Å². The maximum absolute atomic E-state index is 12.1. The molecule has 4 nitrogen and oxygen atoms in total. The second-order valence-electron chi connectivity index (χ2n) is 6.10. The molecule has 0 aromatic heterocycles. The number of aliphatic hydroxyl groups is 1. The molecule has 1 saturated carbocycles. The van der Waals surface area contributed by atoms with E-state index in [1.807, 2.05) is 30.3 Å². The highest BCUT2D eigenvalue weighted by Gasteiger charge is 2.32. The quantitative estimate of drug-likeness (QED) is 0.752. The van der Waals surface area contributed by atoms with E-state index < -0.39 is 5.54 Å². The van der Waals surface area contributed by atoms with Crippen molar-refractivity contribution in [3.8, 4) is 0 Å². The molecule has 0 aliphatic heterocycles. The number of aliphatic hydroxyl groups excluding tert-OH is 1. The number of nitrogens with two attached hydrogens (primary N) is 1. The van der Waals surface area contributed by atoms with Crippen molar-refractivity contribution in [1.29, 1.82) is 0 Å². The lowest BCUT2D eigenvalue weighted by Gasteiger charge is -2.36. The molecule has 0 bridgehead atoms. The minimum Gasteiger partial charge on any atom is -0.394 e. The number of nitrogens with one attached hydrogen (secondary N) is 1. The zero-order chi connectivity index (χ0) is 15.1. The van der Waals surface area contributed by atoms with Crippen LogP contribution in [0.4, 0.5) is 0 Å². The summed E-state index contributed by atoms with van der Waals surface area (Å²) in [5, 5.41) is 12.7. The van der Waals surface area contributed by atoms with Gasteiger partial charge in [-0.15, -0.1) is 0 Å². The van der Waals surface area contributed by atoms with Gasteiger partial charge in [0, 0.05) is 12.5 Å². The van der Waals surface area contributed by atoms with E-state index >= 15 is 0 Å². The van der Waals surface area contributed by atoms with Crippen LogP contribution in [0.3, 0.4) is 0 Å². The van der Waals surface area contributed by atoms with E-state index in [1.54, 1.807) is 0 Å². The van der Waals surface area contributed by atoms with Crippen LogP contribution in [0, 0.1) is 0 Å². The third-order valence-corrected chi connectivity index (χ3v) is 4.43. The van der Waals surface area contributed by atoms with Crippen LogP contribution >= 0.6 is 0 Å². The summed E-state index contributed by atoms with van der Waals surface area (Å²) in [6, 6.07) is 9.72. The van der Waals surface area contributed by atoms with Crippen LogP contribution in [0.5, 0.6) is 0 Å². The average molecular weight is 290 g/mol. The Bertz CT molecular complexity index is 441. The first kappa shape index (κ1) is 16.0. The number of hydrogen-bond acceptors (Lipinski definition) is 3. The van der Waals surface area contributed by atoms with Crippen molar-refractivity contribution in [3.63, 3.8) is 0 Å². The zero-order valence-electron chi connectivity index (χ0n) is 12.6. The van der Waals surface area contributed by atoms with Crippen LogP contribution < -0.4 is 11.1 Å². The number of benzene rings is 1. The minimum absolute atomic E-state index is 0.00247. The van der Waals surface area contributed by atoms with E-state index in [2.05, 4.69) is 5.32 Å². The predicted molar refractivity (Wildman–Crippen MR) is 83.6 cm³/mol. The SMILES string of the molecule is NC(CCC(=O)NC1(CO)CCCCC1)c1ccccc1. The van der Waals surface area contributed by atoms with E-state index in [9.17, 15) is 9.90 Å². The Hall–Kier alpha value is -1.39. The zero-order valence-corrected chi connectivity index (χ0v) is 12.6. The van der Waals surface area contributed by atoms with E-state index in [1.165, 1.54) is 6.42 Å². The lowest BCUT2D eigenvalue weighted by Crippen LogP contribution is -2.52. The minimum atomic E-state index is -0.397. The summed E-state index contributed by atoms with van der Waals surface area (Å²) >= 11 is 0. The molecule has 0 spiro atoms. The molecule has 1 atom stereocenters. The van der Waals surface area contributed by atoms with E-state index in [0.29, 0.717) is 12.8 Å². The van der Waals surface area contributed by atoms with Gasteiger partial charge in [-0.05, 0) is 24.8 Å². The molecule has 0 radical (unpaired) electrons. The van der Waals surface area contributed by atoms with Crippen LogP contribution in [-0.4, -0.2) is 23.2 Å². The van der Waals surface area contributed by atoms with Crippen molar-refractivity contribution >= 4 is 5.91 Å². The average Bonchev–Trinajstić information content (AvgIpc) is 2.54. The fraction of sp³-hybridized carbons (Fsp3) is 0.588. The van der Waals surface area contributed by atoms with Gasteiger partial charge >= 0.3 is 0 Å². The molecule has 116 valence electrons. The summed E-state index contributed by atoms with van der Waals surface area (Å²) in [5.41, 5.74) is 6.77. The normalized spacial score (nSPS) is 19.0. The Labute approximate surface area is 126 Å². The van der Waals surface area contributed by atoms with Crippen LogP contribution in [0.25, 0.3) is 0 Å². The Kier molecular flexibility index (Phi) is 5.76. The third kappa shape index (κ3) is 4.55.